The maximum atomic E-state index is 11.5. The number of nitrogens with one attached hydrogen (secondary N) is 3. The van der Waals surface area contributed by atoms with Gasteiger partial charge in [0.2, 0.25) is 11.9 Å². The number of anilines is 5. The number of nitrogens with two attached hydrogens (primary N) is 1. The Labute approximate surface area is 187 Å². The number of carbonyl (C=O) groups is 1. The number of unbranched alkanes of at least 4 members (excludes halogenated alkanes) is 2. The highest BCUT2D eigenvalue weighted by Gasteiger charge is 2.32. The number of alkyl halides is 1. The van der Waals surface area contributed by atoms with Gasteiger partial charge in [0.15, 0.2) is 0 Å². The van der Waals surface area contributed by atoms with Gasteiger partial charge in [0, 0.05) is 37.8 Å². The van der Waals surface area contributed by atoms with Crippen LogP contribution in [0.15, 0.2) is 24.3 Å². The molecule has 0 bridgehead atoms. The molecular weight excluding hydrogens is 445 g/mol. The van der Waals surface area contributed by atoms with Crippen LogP contribution in [0.5, 0.6) is 0 Å². The normalized spacial score (nSPS) is 17.2. The second-order valence-corrected chi connectivity index (χ2v) is 8.51. The van der Waals surface area contributed by atoms with Crippen LogP contribution in [0.4, 0.5) is 29.0 Å². The second-order valence-electron chi connectivity index (χ2n) is 7.52. The van der Waals surface area contributed by atoms with Crippen LogP contribution in [0.3, 0.4) is 0 Å². The van der Waals surface area contributed by atoms with E-state index in [1.807, 2.05) is 24.3 Å². The van der Waals surface area contributed by atoms with Gasteiger partial charge >= 0.3 is 0 Å². The van der Waals surface area contributed by atoms with Crippen molar-refractivity contribution in [3.63, 3.8) is 0 Å². The standard InChI is InChI=1S/C20H29BBrN7O/c1-12(30)29(2)14-8-6-13(7-9-14)25-20-27-18(24-11-5-3-4-10-23)15-16(22)17(21)26-19(15)28-20/h6-9,16-17H,3-5,10-11,21,23H2,1-2H3,(H3,24,25,26,27,28). The fraction of sp³-hybridized carbons (Fsp3) is 0.450. The van der Waals surface area contributed by atoms with Crippen LogP contribution in [0.2, 0.25) is 0 Å². The number of amides is 1. The quantitative estimate of drug-likeness (QED) is 0.252. The lowest BCUT2D eigenvalue weighted by atomic mass is 9.93. The molecule has 8 nitrogen and oxygen atoms in total. The Hall–Kier alpha value is -2.33. The molecule has 0 spiro atoms. The van der Waals surface area contributed by atoms with Gasteiger partial charge in [0.1, 0.15) is 19.5 Å². The number of fused-ring (bicyclic) bond motifs is 1. The number of halogens is 1. The van der Waals surface area contributed by atoms with Crippen molar-refractivity contribution in [3.05, 3.63) is 29.8 Å². The Morgan fingerprint density at radius 3 is 2.67 bits per heavy atom. The Bertz CT molecular complexity index is 880. The average Bonchev–Trinajstić information content (AvgIpc) is 3.01. The summed E-state index contributed by atoms with van der Waals surface area (Å²) in [6.45, 7) is 3.10. The fourth-order valence-corrected chi connectivity index (χ4v) is 3.87. The molecule has 30 heavy (non-hydrogen) atoms. The highest BCUT2D eigenvalue weighted by molar-refractivity contribution is 9.09. The van der Waals surface area contributed by atoms with Gasteiger partial charge in [-0.1, -0.05) is 22.4 Å². The minimum atomic E-state index is -0.00985. The average molecular weight is 474 g/mol. The van der Waals surface area contributed by atoms with E-state index >= 15 is 0 Å². The molecule has 5 N–H and O–H groups in total. The lowest BCUT2D eigenvalue weighted by molar-refractivity contribution is -0.116. The highest BCUT2D eigenvalue weighted by atomic mass is 79.9. The maximum Gasteiger partial charge on any atom is 0.231 e. The van der Waals surface area contributed by atoms with Crippen molar-refractivity contribution >= 4 is 58.6 Å². The first-order chi connectivity index (χ1) is 14.4. The number of benzene rings is 1. The monoisotopic (exact) mass is 473 g/mol. The van der Waals surface area contributed by atoms with E-state index in [0.717, 1.165) is 60.9 Å². The molecule has 1 aromatic carbocycles. The zero-order valence-corrected chi connectivity index (χ0v) is 19.3. The maximum absolute atomic E-state index is 11.5. The zero-order valence-electron chi connectivity index (χ0n) is 17.7. The summed E-state index contributed by atoms with van der Waals surface area (Å²) >= 11 is 3.76. The number of hydrogen-bond acceptors (Lipinski definition) is 7. The van der Waals surface area contributed by atoms with E-state index in [1.165, 1.54) is 0 Å². The topological polar surface area (TPSA) is 108 Å². The molecule has 160 valence electrons. The van der Waals surface area contributed by atoms with Gasteiger partial charge in [-0.2, -0.15) is 9.97 Å². The molecule has 2 heterocycles. The molecule has 1 aliphatic heterocycles. The van der Waals surface area contributed by atoms with Crippen LogP contribution in [0.1, 0.15) is 36.6 Å². The third-order valence-electron chi connectivity index (χ3n) is 5.18. The summed E-state index contributed by atoms with van der Waals surface area (Å²) in [7, 11) is 3.87. The van der Waals surface area contributed by atoms with Gasteiger partial charge in [-0.05, 0) is 43.7 Å². The van der Waals surface area contributed by atoms with Crippen molar-refractivity contribution in [2.45, 2.75) is 37.0 Å². The van der Waals surface area contributed by atoms with E-state index in [1.54, 1.807) is 18.9 Å². The molecule has 0 aliphatic carbocycles. The number of hydrogen-bond donors (Lipinski definition) is 4. The van der Waals surface area contributed by atoms with Crippen LogP contribution in [0.25, 0.3) is 0 Å². The van der Waals surface area contributed by atoms with Gasteiger partial charge in [-0.3, -0.25) is 4.79 Å². The summed E-state index contributed by atoms with van der Waals surface area (Å²) in [6, 6.07) is 7.61. The molecular formula is C20H29BBrN7O. The van der Waals surface area contributed by atoms with Crippen LogP contribution in [-0.2, 0) is 4.79 Å². The molecule has 2 aromatic rings. The molecule has 1 aliphatic rings. The second kappa shape index (κ2) is 10.1. The first-order valence-electron chi connectivity index (χ1n) is 10.3. The molecule has 0 fully saturated rings. The summed E-state index contributed by atoms with van der Waals surface area (Å²) in [4.78, 5) is 22.7. The number of carbonyl (C=O) groups excluding carboxylic acids is 1. The molecule has 10 heteroatoms. The molecule has 2 atom stereocenters. The molecule has 1 amide bonds. The van der Waals surface area contributed by atoms with E-state index in [-0.39, 0.29) is 16.7 Å². The molecule has 0 saturated carbocycles. The number of nitrogens with zero attached hydrogens (tertiary/aromatic N) is 3. The molecule has 1 aromatic heterocycles. The first-order valence-corrected chi connectivity index (χ1v) is 11.2. The Morgan fingerprint density at radius 2 is 2.00 bits per heavy atom. The van der Waals surface area contributed by atoms with Crippen molar-refractivity contribution in [3.8, 4) is 0 Å². The van der Waals surface area contributed by atoms with E-state index in [4.69, 9.17) is 10.7 Å². The highest BCUT2D eigenvalue weighted by Crippen LogP contribution is 2.42. The Morgan fingerprint density at radius 1 is 1.27 bits per heavy atom. The lowest BCUT2D eigenvalue weighted by Crippen LogP contribution is -2.22. The van der Waals surface area contributed by atoms with Crippen molar-refractivity contribution in [1.82, 2.24) is 9.97 Å². The first kappa shape index (κ1) is 22.4. The molecule has 0 saturated heterocycles. The van der Waals surface area contributed by atoms with E-state index in [0.29, 0.717) is 5.95 Å². The Balaban J connectivity index is 1.77. The predicted molar refractivity (Wildman–Crippen MR) is 130 cm³/mol. The Kier molecular flexibility index (Phi) is 7.55. The SMILES string of the molecule is BC1Nc2nc(Nc3ccc(N(C)C(C)=O)cc3)nc(NCCCCCN)c2C1Br. The van der Waals surface area contributed by atoms with Crippen LogP contribution >= 0.6 is 15.9 Å². The van der Waals surface area contributed by atoms with Crippen molar-refractivity contribution in [1.29, 1.82) is 0 Å². The third kappa shape index (κ3) is 5.23. The minimum Gasteiger partial charge on any atom is -0.373 e. The summed E-state index contributed by atoms with van der Waals surface area (Å²) in [5.41, 5.74) is 8.33. The summed E-state index contributed by atoms with van der Waals surface area (Å²) in [5.74, 6) is 2.40. The van der Waals surface area contributed by atoms with Gasteiger partial charge in [0.25, 0.3) is 0 Å². The summed E-state index contributed by atoms with van der Waals surface area (Å²) in [6.07, 6.45) is 3.17. The van der Waals surface area contributed by atoms with Crippen LogP contribution in [-0.4, -0.2) is 49.8 Å². The number of rotatable bonds is 9. The molecule has 0 radical (unpaired) electrons. The van der Waals surface area contributed by atoms with Crippen molar-refractivity contribution in [2.24, 2.45) is 5.73 Å². The molecule has 2 unspecified atom stereocenters. The smallest absolute Gasteiger partial charge is 0.231 e. The number of aromatic nitrogens is 2. The van der Waals surface area contributed by atoms with E-state index in [2.05, 4.69) is 44.7 Å². The summed E-state index contributed by atoms with van der Waals surface area (Å²) in [5, 5.41) is 10.2. The van der Waals surface area contributed by atoms with Gasteiger partial charge in [0.05, 0.1) is 10.4 Å². The zero-order chi connectivity index (χ0) is 21.7. The van der Waals surface area contributed by atoms with E-state index in [9.17, 15) is 4.79 Å². The summed E-state index contributed by atoms with van der Waals surface area (Å²) < 4.78 is 0. The van der Waals surface area contributed by atoms with Gasteiger partial charge in [-0.15, -0.1) is 0 Å². The fourth-order valence-electron chi connectivity index (χ4n) is 3.30. The predicted octanol–water partition coefficient (Wildman–Crippen LogP) is 2.56. The lowest BCUT2D eigenvalue weighted by Gasteiger charge is -2.16. The molecule has 3 rings (SSSR count). The largest absolute Gasteiger partial charge is 0.373 e. The van der Waals surface area contributed by atoms with Crippen LogP contribution < -0.4 is 26.6 Å². The van der Waals surface area contributed by atoms with Gasteiger partial charge < -0.3 is 26.6 Å². The minimum absolute atomic E-state index is 0.00985. The van der Waals surface area contributed by atoms with Crippen molar-refractivity contribution < 1.29 is 4.79 Å². The van der Waals surface area contributed by atoms with Crippen LogP contribution in [0, 0.1) is 0 Å². The van der Waals surface area contributed by atoms with E-state index < -0.39 is 0 Å². The van der Waals surface area contributed by atoms with Crippen molar-refractivity contribution in [2.75, 3.05) is 41.0 Å². The van der Waals surface area contributed by atoms with Gasteiger partial charge in [-0.25, -0.2) is 0 Å². The third-order valence-corrected chi connectivity index (χ3v) is 6.43.